The molecule has 1 aromatic rings. The summed E-state index contributed by atoms with van der Waals surface area (Å²) in [6.45, 7) is 3.84. The van der Waals surface area contributed by atoms with E-state index in [1.807, 2.05) is 32.1 Å². The van der Waals surface area contributed by atoms with E-state index in [2.05, 4.69) is 0 Å². The van der Waals surface area contributed by atoms with Crippen LogP contribution in [0.15, 0.2) is 22.1 Å². The predicted molar refractivity (Wildman–Crippen MR) is 44.2 cm³/mol. The molecule has 0 radical (unpaired) electrons. The molecule has 0 fully saturated rings. The van der Waals surface area contributed by atoms with Crippen LogP contribution in [0.4, 0.5) is 0 Å². The standard InChI is InChI=1S/C9H12O2/c1-7(6-10)5-9-4-3-8(2)11-9/h3-5,10H,6H2,1-2H3/b7-5+. The average Bonchev–Trinajstić information content (AvgIpc) is 2.35. The van der Waals surface area contributed by atoms with E-state index >= 15 is 0 Å². The van der Waals surface area contributed by atoms with Gasteiger partial charge in [0.15, 0.2) is 0 Å². The largest absolute Gasteiger partial charge is 0.462 e. The summed E-state index contributed by atoms with van der Waals surface area (Å²) in [5.74, 6) is 1.69. The highest BCUT2D eigenvalue weighted by Gasteiger charge is 1.93. The van der Waals surface area contributed by atoms with Crippen LogP contribution in [-0.4, -0.2) is 11.7 Å². The first-order valence-electron chi connectivity index (χ1n) is 3.57. The van der Waals surface area contributed by atoms with Gasteiger partial charge in [-0.1, -0.05) is 0 Å². The number of aliphatic hydroxyl groups excluding tert-OH is 1. The third kappa shape index (κ3) is 2.24. The molecule has 0 aliphatic carbocycles. The Bertz CT molecular complexity index is 258. The zero-order chi connectivity index (χ0) is 8.27. The second-order valence-corrected chi connectivity index (χ2v) is 2.60. The van der Waals surface area contributed by atoms with Gasteiger partial charge in [0.25, 0.3) is 0 Å². The number of aliphatic hydroxyl groups is 1. The second-order valence-electron chi connectivity index (χ2n) is 2.60. The lowest BCUT2D eigenvalue weighted by Crippen LogP contribution is -1.81. The fourth-order valence-electron chi connectivity index (χ4n) is 0.819. The minimum Gasteiger partial charge on any atom is -0.462 e. The Morgan fingerprint density at radius 1 is 1.64 bits per heavy atom. The molecule has 1 aromatic heterocycles. The number of aryl methyl sites for hydroxylation is 1. The Morgan fingerprint density at radius 3 is 2.82 bits per heavy atom. The molecule has 0 amide bonds. The monoisotopic (exact) mass is 152 g/mol. The van der Waals surface area contributed by atoms with Crippen LogP contribution >= 0.6 is 0 Å². The van der Waals surface area contributed by atoms with Gasteiger partial charge in [0, 0.05) is 0 Å². The van der Waals surface area contributed by atoms with E-state index in [1.165, 1.54) is 0 Å². The highest BCUT2D eigenvalue weighted by Crippen LogP contribution is 2.10. The summed E-state index contributed by atoms with van der Waals surface area (Å²) in [5, 5.41) is 8.69. The number of hydrogen-bond acceptors (Lipinski definition) is 2. The zero-order valence-electron chi connectivity index (χ0n) is 6.79. The summed E-state index contributed by atoms with van der Waals surface area (Å²) in [5.41, 5.74) is 0.902. The highest BCUT2D eigenvalue weighted by atomic mass is 16.3. The summed E-state index contributed by atoms with van der Waals surface area (Å²) in [4.78, 5) is 0. The average molecular weight is 152 g/mol. The maximum atomic E-state index is 8.69. The lowest BCUT2D eigenvalue weighted by molar-refractivity contribution is 0.332. The van der Waals surface area contributed by atoms with Gasteiger partial charge in [-0.3, -0.25) is 0 Å². The van der Waals surface area contributed by atoms with E-state index in [0.29, 0.717) is 0 Å². The molecule has 1 heterocycles. The summed E-state index contributed by atoms with van der Waals surface area (Å²) < 4.78 is 5.27. The van der Waals surface area contributed by atoms with Crippen LogP contribution in [0.2, 0.25) is 0 Å². The van der Waals surface area contributed by atoms with E-state index in [-0.39, 0.29) is 6.61 Å². The van der Waals surface area contributed by atoms with Gasteiger partial charge in [-0.15, -0.1) is 0 Å². The topological polar surface area (TPSA) is 33.4 Å². The SMILES string of the molecule is C/C(=C\c1ccc(C)o1)CO. The first-order chi connectivity index (χ1) is 5.22. The highest BCUT2D eigenvalue weighted by molar-refractivity contribution is 5.46. The van der Waals surface area contributed by atoms with Crippen molar-refractivity contribution in [3.05, 3.63) is 29.2 Å². The van der Waals surface area contributed by atoms with Gasteiger partial charge in [-0.05, 0) is 37.6 Å². The van der Waals surface area contributed by atoms with Crippen molar-refractivity contribution in [2.24, 2.45) is 0 Å². The van der Waals surface area contributed by atoms with Gasteiger partial charge in [0.2, 0.25) is 0 Å². The van der Waals surface area contributed by atoms with Crippen LogP contribution in [0.25, 0.3) is 6.08 Å². The minimum absolute atomic E-state index is 0.0831. The summed E-state index contributed by atoms with van der Waals surface area (Å²) in [6, 6.07) is 3.78. The molecule has 2 nitrogen and oxygen atoms in total. The van der Waals surface area contributed by atoms with E-state index in [9.17, 15) is 0 Å². The Hall–Kier alpha value is -1.02. The molecule has 0 aliphatic heterocycles. The molecular formula is C9H12O2. The van der Waals surface area contributed by atoms with Gasteiger partial charge < -0.3 is 9.52 Å². The Kier molecular flexibility index (Phi) is 2.49. The molecule has 2 heteroatoms. The number of rotatable bonds is 2. The summed E-state index contributed by atoms with van der Waals surface area (Å²) in [6.07, 6.45) is 1.83. The fraction of sp³-hybridized carbons (Fsp3) is 0.333. The Morgan fingerprint density at radius 2 is 2.36 bits per heavy atom. The van der Waals surface area contributed by atoms with Gasteiger partial charge in [-0.25, -0.2) is 0 Å². The number of hydrogen-bond donors (Lipinski definition) is 1. The molecule has 11 heavy (non-hydrogen) atoms. The van der Waals surface area contributed by atoms with Crippen molar-refractivity contribution >= 4 is 6.08 Å². The normalized spacial score (nSPS) is 12.1. The molecule has 1 rings (SSSR count). The third-order valence-electron chi connectivity index (χ3n) is 1.40. The molecule has 0 aromatic carbocycles. The van der Waals surface area contributed by atoms with E-state index < -0.39 is 0 Å². The van der Waals surface area contributed by atoms with E-state index in [4.69, 9.17) is 9.52 Å². The van der Waals surface area contributed by atoms with Crippen molar-refractivity contribution in [3.8, 4) is 0 Å². The Balaban J connectivity index is 2.78. The first kappa shape index (κ1) is 8.08. The molecule has 0 aliphatic rings. The van der Waals surface area contributed by atoms with Crippen molar-refractivity contribution in [1.29, 1.82) is 0 Å². The van der Waals surface area contributed by atoms with Gasteiger partial charge in [-0.2, -0.15) is 0 Å². The van der Waals surface area contributed by atoms with Crippen molar-refractivity contribution in [2.45, 2.75) is 13.8 Å². The first-order valence-corrected chi connectivity index (χ1v) is 3.57. The summed E-state index contributed by atoms with van der Waals surface area (Å²) >= 11 is 0. The molecule has 0 saturated heterocycles. The van der Waals surface area contributed by atoms with Crippen LogP contribution in [0.5, 0.6) is 0 Å². The van der Waals surface area contributed by atoms with Crippen LogP contribution in [0.1, 0.15) is 18.4 Å². The predicted octanol–water partition coefficient (Wildman–Crippen LogP) is 1.98. The molecule has 60 valence electrons. The molecule has 0 spiro atoms. The van der Waals surface area contributed by atoms with Crippen molar-refractivity contribution in [1.82, 2.24) is 0 Å². The quantitative estimate of drug-likeness (QED) is 0.703. The van der Waals surface area contributed by atoms with Crippen molar-refractivity contribution < 1.29 is 9.52 Å². The zero-order valence-corrected chi connectivity index (χ0v) is 6.79. The van der Waals surface area contributed by atoms with Crippen LogP contribution in [-0.2, 0) is 0 Å². The fourth-order valence-corrected chi connectivity index (χ4v) is 0.819. The van der Waals surface area contributed by atoms with E-state index in [1.54, 1.807) is 0 Å². The minimum atomic E-state index is 0.0831. The molecule has 0 saturated carbocycles. The maximum absolute atomic E-state index is 8.69. The molecule has 0 unspecified atom stereocenters. The molecule has 0 atom stereocenters. The van der Waals surface area contributed by atoms with Gasteiger partial charge in [0.05, 0.1) is 6.61 Å². The van der Waals surface area contributed by atoms with Crippen molar-refractivity contribution in [2.75, 3.05) is 6.61 Å². The van der Waals surface area contributed by atoms with Crippen LogP contribution in [0, 0.1) is 6.92 Å². The lowest BCUT2D eigenvalue weighted by atomic mass is 10.3. The molecule has 1 N–H and O–H groups in total. The smallest absolute Gasteiger partial charge is 0.127 e. The molecular weight excluding hydrogens is 140 g/mol. The van der Waals surface area contributed by atoms with Gasteiger partial charge in [0.1, 0.15) is 11.5 Å². The molecule has 0 bridgehead atoms. The van der Waals surface area contributed by atoms with Crippen LogP contribution in [0.3, 0.4) is 0 Å². The van der Waals surface area contributed by atoms with Crippen LogP contribution < -0.4 is 0 Å². The van der Waals surface area contributed by atoms with E-state index in [0.717, 1.165) is 17.1 Å². The lowest BCUT2D eigenvalue weighted by Gasteiger charge is -1.90. The van der Waals surface area contributed by atoms with Crippen molar-refractivity contribution in [3.63, 3.8) is 0 Å². The van der Waals surface area contributed by atoms with Gasteiger partial charge >= 0.3 is 0 Å². The second kappa shape index (κ2) is 3.39. The third-order valence-corrected chi connectivity index (χ3v) is 1.40. The summed E-state index contributed by atoms with van der Waals surface area (Å²) in [7, 11) is 0. The Labute approximate surface area is 66.2 Å². The number of furan rings is 1. The maximum Gasteiger partial charge on any atom is 0.127 e.